The van der Waals surface area contributed by atoms with Crippen molar-refractivity contribution >= 4 is 28.6 Å². The number of carbonyl (C=O) groups excluding carboxylic acids is 1. The first-order valence-corrected chi connectivity index (χ1v) is 12.9. The molecule has 1 amide bonds. The molecule has 0 bridgehead atoms. The third-order valence-corrected chi connectivity index (χ3v) is 6.87. The lowest BCUT2D eigenvalue weighted by Gasteiger charge is -2.29. The van der Waals surface area contributed by atoms with Gasteiger partial charge in [-0.15, -0.1) is 0 Å². The number of rotatable bonds is 5. The molecule has 2 aliphatic rings. The molecule has 1 saturated carbocycles. The number of piperidine rings is 1. The largest absolute Gasteiger partial charge is 0.356 e. The van der Waals surface area contributed by atoms with Crippen molar-refractivity contribution in [2.24, 2.45) is 0 Å². The fourth-order valence-corrected chi connectivity index (χ4v) is 4.87. The summed E-state index contributed by atoms with van der Waals surface area (Å²) in [5, 5.41) is 8.58. The summed E-state index contributed by atoms with van der Waals surface area (Å²) in [6, 6.07) is 6.85. The standard InChI is InChI=1S/C15H20N2O.C9H17NOS/c1-3-17-8-6-12(7-9-17)15-13-5-4-11(2)10-14(13)18-16-15;1-12-7-9(11)10-8-5-3-2-4-6-8/h4-5,10,12H,3,6-9H2,1-2H3;8H,2-7H2,1H3,(H,10,11). The number of hydrogen-bond acceptors (Lipinski definition) is 5. The summed E-state index contributed by atoms with van der Waals surface area (Å²) in [6.07, 6.45) is 10.6. The first kappa shape index (κ1) is 23.1. The van der Waals surface area contributed by atoms with Crippen molar-refractivity contribution in [3.8, 4) is 0 Å². The van der Waals surface area contributed by atoms with Crippen LogP contribution >= 0.6 is 11.8 Å². The summed E-state index contributed by atoms with van der Waals surface area (Å²) < 4.78 is 5.47. The highest BCUT2D eigenvalue weighted by atomic mass is 32.2. The highest BCUT2D eigenvalue weighted by Gasteiger charge is 2.24. The lowest BCUT2D eigenvalue weighted by Crippen LogP contribution is -2.37. The average molecular weight is 432 g/mol. The fraction of sp³-hybridized carbons (Fsp3) is 0.667. The average Bonchev–Trinajstić information content (AvgIpc) is 3.18. The zero-order valence-electron chi connectivity index (χ0n) is 18.8. The number of thioether (sulfide) groups is 1. The summed E-state index contributed by atoms with van der Waals surface area (Å²) in [5.74, 6) is 1.38. The zero-order chi connectivity index (χ0) is 21.3. The van der Waals surface area contributed by atoms with Gasteiger partial charge in [-0.25, -0.2) is 0 Å². The summed E-state index contributed by atoms with van der Waals surface area (Å²) >= 11 is 1.59. The van der Waals surface area contributed by atoms with Gasteiger partial charge in [-0.3, -0.25) is 4.79 Å². The molecule has 1 saturated heterocycles. The van der Waals surface area contributed by atoms with Gasteiger partial charge >= 0.3 is 0 Å². The second-order valence-electron chi connectivity index (χ2n) is 8.61. The molecule has 5 nitrogen and oxygen atoms in total. The van der Waals surface area contributed by atoms with Crippen LogP contribution in [0.3, 0.4) is 0 Å². The number of amides is 1. The SMILES string of the molecule is CCN1CCC(c2noc3cc(C)ccc23)CC1.CSCC(=O)NC1CCCCC1. The topological polar surface area (TPSA) is 58.4 Å². The van der Waals surface area contributed by atoms with Gasteiger partial charge in [0.25, 0.3) is 0 Å². The lowest BCUT2D eigenvalue weighted by atomic mass is 9.91. The third kappa shape index (κ3) is 6.48. The highest BCUT2D eigenvalue weighted by Crippen LogP contribution is 2.32. The van der Waals surface area contributed by atoms with Gasteiger partial charge in [-0.2, -0.15) is 11.8 Å². The lowest BCUT2D eigenvalue weighted by molar-refractivity contribution is -0.119. The summed E-state index contributed by atoms with van der Waals surface area (Å²) in [4.78, 5) is 13.7. The van der Waals surface area contributed by atoms with Crippen molar-refractivity contribution in [2.75, 3.05) is 31.6 Å². The summed E-state index contributed by atoms with van der Waals surface area (Å²) in [5.41, 5.74) is 3.33. The molecular formula is C24H37N3O2S. The minimum atomic E-state index is 0.203. The maximum absolute atomic E-state index is 11.2. The molecule has 1 aromatic carbocycles. The first-order valence-electron chi connectivity index (χ1n) is 11.5. The van der Waals surface area contributed by atoms with Crippen LogP contribution in [0.15, 0.2) is 22.7 Å². The molecule has 1 aromatic heterocycles. The van der Waals surface area contributed by atoms with Crippen LogP contribution in [-0.2, 0) is 4.79 Å². The van der Waals surface area contributed by atoms with Gasteiger partial charge in [0, 0.05) is 17.3 Å². The van der Waals surface area contributed by atoms with E-state index in [0.29, 0.717) is 17.7 Å². The van der Waals surface area contributed by atoms with Gasteiger partial charge in [0.2, 0.25) is 5.91 Å². The number of carbonyl (C=O) groups is 1. The van der Waals surface area contributed by atoms with Crippen LogP contribution in [0.25, 0.3) is 11.0 Å². The highest BCUT2D eigenvalue weighted by molar-refractivity contribution is 7.99. The molecule has 166 valence electrons. The minimum absolute atomic E-state index is 0.203. The van der Waals surface area contributed by atoms with E-state index in [-0.39, 0.29) is 5.91 Å². The Morgan fingerprint density at radius 2 is 1.93 bits per heavy atom. The normalized spacial score (nSPS) is 18.8. The Bertz CT molecular complexity index is 793. The third-order valence-electron chi connectivity index (χ3n) is 6.32. The predicted molar refractivity (Wildman–Crippen MR) is 126 cm³/mol. The van der Waals surface area contributed by atoms with Crippen molar-refractivity contribution in [3.63, 3.8) is 0 Å². The number of benzene rings is 1. The Hall–Kier alpha value is -1.53. The molecule has 30 heavy (non-hydrogen) atoms. The molecule has 0 spiro atoms. The van der Waals surface area contributed by atoms with Crippen LogP contribution in [0.4, 0.5) is 0 Å². The second-order valence-corrected chi connectivity index (χ2v) is 9.48. The van der Waals surface area contributed by atoms with Crippen molar-refractivity contribution in [1.29, 1.82) is 0 Å². The molecule has 0 radical (unpaired) electrons. The van der Waals surface area contributed by atoms with Crippen LogP contribution in [0.5, 0.6) is 0 Å². The number of likely N-dealkylation sites (tertiary alicyclic amines) is 1. The molecule has 2 aromatic rings. The zero-order valence-corrected chi connectivity index (χ0v) is 19.6. The maximum Gasteiger partial charge on any atom is 0.230 e. The van der Waals surface area contributed by atoms with E-state index in [0.717, 1.165) is 12.1 Å². The Balaban J connectivity index is 0.000000187. The number of aryl methyl sites for hydroxylation is 1. The van der Waals surface area contributed by atoms with Crippen LogP contribution in [0.1, 0.15) is 69.0 Å². The van der Waals surface area contributed by atoms with Crippen molar-refractivity contribution in [2.45, 2.75) is 70.8 Å². The van der Waals surface area contributed by atoms with E-state index in [1.165, 1.54) is 74.7 Å². The monoisotopic (exact) mass is 431 g/mol. The van der Waals surface area contributed by atoms with Crippen molar-refractivity contribution < 1.29 is 9.32 Å². The fourth-order valence-electron chi connectivity index (χ4n) is 4.53. The molecular weight excluding hydrogens is 394 g/mol. The van der Waals surface area contributed by atoms with Gasteiger partial charge in [-0.05, 0) is 76.2 Å². The van der Waals surface area contributed by atoms with E-state index < -0.39 is 0 Å². The van der Waals surface area contributed by atoms with E-state index in [2.05, 4.69) is 47.4 Å². The molecule has 4 rings (SSSR count). The van der Waals surface area contributed by atoms with Crippen LogP contribution in [0.2, 0.25) is 0 Å². The Kier molecular flexibility index (Phi) is 9.06. The number of nitrogens with zero attached hydrogens (tertiary/aromatic N) is 2. The van der Waals surface area contributed by atoms with Crippen LogP contribution in [-0.4, -0.2) is 53.6 Å². The molecule has 2 fully saturated rings. The predicted octanol–water partition coefficient (Wildman–Crippen LogP) is 5.13. The molecule has 0 unspecified atom stereocenters. The smallest absolute Gasteiger partial charge is 0.230 e. The van der Waals surface area contributed by atoms with E-state index in [4.69, 9.17) is 4.52 Å². The van der Waals surface area contributed by atoms with E-state index in [1.807, 2.05) is 6.26 Å². The number of hydrogen-bond donors (Lipinski definition) is 1. The molecule has 6 heteroatoms. The summed E-state index contributed by atoms with van der Waals surface area (Å²) in [7, 11) is 0. The van der Waals surface area contributed by atoms with Gasteiger partial charge in [0.05, 0.1) is 11.4 Å². The van der Waals surface area contributed by atoms with Gasteiger partial charge in [-0.1, -0.05) is 37.4 Å². The molecule has 2 heterocycles. The molecule has 1 N–H and O–H groups in total. The molecule has 1 aliphatic carbocycles. The Labute approximate surface area is 185 Å². The van der Waals surface area contributed by atoms with Crippen molar-refractivity contribution in [1.82, 2.24) is 15.4 Å². The number of fused-ring (bicyclic) bond motifs is 1. The Morgan fingerprint density at radius 3 is 2.60 bits per heavy atom. The van der Waals surface area contributed by atoms with Crippen LogP contribution in [0, 0.1) is 6.92 Å². The van der Waals surface area contributed by atoms with E-state index in [1.54, 1.807) is 11.8 Å². The Morgan fingerprint density at radius 1 is 1.20 bits per heavy atom. The molecule has 1 aliphatic heterocycles. The number of aromatic nitrogens is 1. The van der Waals surface area contributed by atoms with Gasteiger partial charge in [0.15, 0.2) is 5.58 Å². The van der Waals surface area contributed by atoms with E-state index >= 15 is 0 Å². The van der Waals surface area contributed by atoms with Gasteiger partial charge in [0.1, 0.15) is 0 Å². The number of nitrogens with one attached hydrogen (secondary N) is 1. The maximum atomic E-state index is 11.2. The first-order chi connectivity index (χ1) is 14.6. The molecule has 0 atom stereocenters. The quantitative estimate of drug-likeness (QED) is 0.711. The summed E-state index contributed by atoms with van der Waals surface area (Å²) in [6.45, 7) is 7.84. The second kappa shape index (κ2) is 11.8. The van der Waals surface area contributed by atoms with E-state index in [9.17, 15) is 4.79 Å². The van der Waals surface area contributed by atoms with Crippen LogP contribution < -0.4 is 5.32 Å². The van der Waals surface area contributed by atoms with Gasteiger partial charge < -0.3 is 14.7 Å². The minimum Gasteiger partial charge on any atom is -0.356 e. The van der Waals surface area contributed by atoms with Crippen molar-refractivity contribution in [3.05, 3.63) is 29.5 Å².